The van der Waals surface area contributed by atoms with Gasteiger partial charge in [-0.15, -0.1) is 5.10 Å². The molecule has 0 bridgehead atoms. The van der Waals surface area contributed by atoms with Gasteiger partial charge in [0.1, 0.15) is 11.5 Å². The number of aromatic nitrogens is 3. The molecule has 0 amide bonds. The van der Waals surface area contributed by atoms with E-state index in [1.54, 1.807) is 0 Å². The second-order valence-electron chi connectivity index (χ2n) is 3.94. The van der Waals surface area contributed by atoms with Gasteiger partial charge in [0, 0.05) is 18.6 Å². The highest BCUT2D eigenvalue weighted by Crippen LogP contribution is 2.19. The van der Waals surface area contributed by atoms with Gasteiger partial charge in [0.15, 0.2) is 0 Å². The normalized spacial score (nSPS) is 10.4. The number of carbonyl (C=O) groups is 1. The zero-order valence-electron chi connectivity index (χ0n) is 10.1. The minimum Gasteiger partial charge on any atom is -0.481 e. The fourth-order valence-electron chi connectivity index (χ4n) is 1.56. The summed E-state index contributed by atoms with van der Waals surface area (Å²) in [5, 5.41) is 26.5. The Morgan fingerprint density at radius 3 is 2.90 bits per heavy atom. The Bertz CT molecular complexity index is 670. The van der Waals surface area contributed by atoms with Crippen LogP contribution in [0.5, 0.6) is 0 Å². The van der Waals surface area contributed by atoms with Crippen LogP contribution in [0.4, 0.5) is 10.1 Å². The van der Waals surface area contributed by atoms with Gasteiger partial charge < -0.3 is 5.11 Å². The average Bonchev–Trinajstić information content (AvgIpc) is 2.85. The lowest BCUT2D eigenvalue weighted by atomic mass is 10.2. The number of hydrogen-bond acceptors (Lipinski definition) is 5. The lowest BCUT2D eigenvalue weighted by molar-refractivity contribution is -0.384. The molecule has 0 spiro atoms. The van der Waals surface area contributed by atoms with Crippen molar-refractivity contribution in [3.8, 4) is 5.69 Å². The van der Waals surface area contributed by atoms with Crippen molar-refractivity contribution in [2.45, 2.75) is 12.8 Å². The fourth-order valence-corrected chi connectivity index (χ4v) is 1.56. The van der Waals surface area contributed by atoms with Gasteiger partial charge in [0.25, 0.3) is 5.69 Å². The van der Waals surface area contributed by atoms with Crippen LogP contribution in [0.25, 0.3) is 5.69 Å². The van der Waals surface area contributed by atoms with Crippen LogP contribution < -0.4 is 0 Å². The van der Waals surface area contributed by atoms with Gasteiger partial charge in [-0.05, 0) is 6.07 Å². The summed E-state index contributed by atoms with van der Waals surface area (Å²) in [6.07, 6.45) is 1.35. The number of nitro benzene ring substituents is 1. The van der Waals surface area contributed by atoms with Crippen LogP contribution in [-0.2, 0) is 11.2 Å². The summed E-state index contributed by atoms with van der Waals surface area (Å²) < 4.78 is 14.7. The molecule has 9 heteroatoms. The molecule has 0 fully saturated rings. The van der Waals surface area contributed by atoms with E-state index in [-0.39, 0.29) is 24.2 Å². The first-order valence-electron chi connectivity index (χ1n) is 5.54. The van der Waals surface area contributed by atoms with Gasteiger partial charge in [-0.1, -0.05) is 5.21 Å². The first kappa shape index (κ1) is 13.6. The number of nitrogens with zero attached hydrogens (tertiary/aromatic N) is 4. The van der Waals surface area contributed by atoms with Crippen LogP contribution in [0.2, 0.25) is 0 Å². The first-order chi connectivity index (χ1) is 9.47. The molecule has 0 aliphatic carbocycles. The smallest absolute Gasteiger partial charge is 0.303 e. The zero-order valence-corrected chi connectivity index (χ0v) is 10.1. The van der Waals surface area contributed by atoms with Crippen molar-refractivity contribution in [1.82, 2.24) is 15.0 Å². The van der Waals surface area contributed by atoms with Crippen LogP contribution in [0.1, 0.15) is 12.1 Å². The van der Waals surface area contributed by atoms with Crippen LogP contribution >= 0.6 is 0 Å². The minimum atomic E-state index is -0.985. The van der Waals surface area contributed by atoms with Gasteiger partial charge in [-0.3, -0.25) is 14.9 Å². The molecule has 0 radical (unpaired) electrons. The third-order valence-electron chi connectivity index (χ3n) is 2.52. The first-order valence-corrected chi connectivity index (χ1v) is 5.54. The number of non-ortho nitro benzene ring substituents is 1. The standard InChI is InChI=1S/C11H9FN4O4/c12-9-3-2-8(16(19)20)5-10(9)15-6-7(13-14-15)1-4-11(17)18/h2-3,5-6H,1,4H2,(H,17,18). The van der Waals surface area contributed by atoms with Crippen molar-refractivity contribution in [3.63, 3.8) is 0 Å². The van der Waals surface area contributed by atoms with Crippen molar-refractivity contribution >= 4 is 11.7 Å². The Labute approximate surface area is 111 Å². The second kappa shape index (κ2) is 5.43. The number of rotatable bonds is 5. The molecule has 8 nitrogen and oxygen atoms in total. The van der Waals surface area contributed by atoms with Gasteiger partial charge in [0.05, 0.1) is 23.2 Å². The van der Waals surface area contributed by atoms with Gasteiger partial charge >= 0.3 is 5.97 Å². The molecule has 2 rings (SSSR count). The van der Waals surface area contributed by atoms with Crippen molar-refractivity contribution < 1.29 is 19.2 Å². The lowest BCUT2D eigenvalue weighted by Gasteiger charge is -2.01. The predicted octanol–water partition coefficient (Wildman–Crippen LogP) is 1.33. The van der Waals surface area contributed by atoms with E-state index in [1.807, 2.05) is 0 Å². The maximum absolute atomic E-state index is 13.6. The van der Waals surface area contributed by atoms with E-state index in [4.69, 9.17) is 5.11 Å². The van der Waals surface area contributed by atoms with E-state index >= 15 is 0 Å². The third kappa shape index (κ3) is 2.94. The number of benzene rings is 1. The number of carboxylic acid groups (broad SMARTS) is 1. The summed E-state index contributed by atoms with van der Waals surface area (Å²) in [4.78, 5) is 20.4. The number of carboxylic acids is 1. The molecular formula is C11H9FN4O4. The van der Waals surface area contributed by atoms with Crippen LogP contribution in [0.15, 0.2) is 24.4 Å². The molecule has 0 aliphatic heterocycles. The molecule has 0 unspecified atom stereocenters. The SMILES string of the molecule is O=C(O)CCc1cn(-c2cc([N+](=O)[O-])ccc2F)nn1. The van der Waals surface area contributed by atoms with Crippen LogP contribution in [0.3, 0.4) is 0 Å². The Hall–Kier alpha value is -2.84. The Balaban J connectivity index is 2.29. The monoisotopic (exact) mass is 280 g/mol. The largest absolute Gasteiger partial charge is 0.481 e. The molecule has 104 valence electrons. The molecule has 1 heterocycles. The van der Waals surface area contributed by atoms with E-state index in [2.05, 4.69) is 10.3 Å². The summed E-state index contributed by atoms with van der Waals surface area (Å²) in [6.45, 7) is 0. The second-order valence-corrected chi connectivity index (χ2v) is 3.94. The fraction of sp³-hybridized carbons (Fsp3) is 0.182. The highest BCUT2D eigenvalue weighted by molar-refractivity contribution is 5.66. The molecule has 0 saturated carbocycles. The quantitative estimate of drug-likeness (QED) is 0.653. The average molecular weight is 280 g/mol. The molecule has 1 aromatic carbocycles. The third-order valence-corrected chi connectivity index (χ3v) is 2.52. The number of aryl methyl sites for hydroxylation is 1. The Morgan fingerprint density at radius 2 is 2.25 bits per heavy atom. The maximum Gasteiger partial charge on any atom is 0.303 e. The molecule has 1 N–H and O–H groups in total. The molecule has 20 heavy (non-hydrogen) atoms. The van der Waals surface area contributed by atoms with Gasteiger partial charge in [-0.25, -0.2) is 9.07 Å². The van der Waals surface area contributed by atoms with E-state index in [1.165, 1.54) is 6.20 Å². The van der Waals surface area contributed by atoms with Crippen molar-refractivity contribution in [1.29, 1.82) is 0 Å². The summed E-state index contributed by atoms with van der Waals surface area (Å²) >= 11 is 0. The van der Waals surface area contributed by atoms with Crippen LogP contribution in [0, 0.1) is 15.9 Å². The van der Waals surface area contributed by atoms with Gasteiger partial charge in [-0.2, -0.15) is 0 Å². The number of nitro groups is 1. The summed E-state index contributed by atoms with van der Waals surface area (Å²) in [7, 11) is 0. The molecular weight excluding hydrogens is 271 g/mol. The molecule has 0 aliphatic rings. The van der Waals surface area contributed by atoms with Crippen molar-refractivity contribution in [2.75, 3.05) is 0 Å². The highest BCUT2D eigenvalue weighted by atomic mass is 19.1. The highest BCUT2D eigenvalue weighted by Gasteiger charge is 2.14. The summed E-state index contributed by atoms with van der Waals surface area (Å²) in [6, 6.07) is 3.04. The van der Waals surface area contributed by atoms with E-state index in [0.29, 0.717) is 5.69 Å². The van der Waals surface area contributed by atoms with E-state index in [9.17, 15) is 19.3 Å². The number of hydrogen-bond donors (Lipinski definition) is 1. The molecule has 0 saturated heterocycles. The topological polar surface area (TPSA) is 111 Å². The van der Waals surface area contributed by atoms with Crippen LogP contribution in [-0.4, -0.2) is 31.0 Å². The molecule has 0 atom stereocenters. The maximum atomic E-state index is 13.6. The Kier molecular flexibility index (Phi) is 3.69. The van der Waals surface area contributed by atoms with E-state index in [0.717, 1.165) is 22.9 Å². The minimum absolute atomic E-state index is 0.117. The Morgan fingerprint density at radius 1 is 1.50 bits per heavy atom. The lowest BCUT2D eigenvalue weighted by Crippen LogP contribution is -2.00. The summed E-state index contributed by atoms with van der Waals surface area (Å²) in [5.41, 5.74) is -0.0319. The predicted molar refractivity (Wildman–Crippen MR) is 63.9 cm³/mol. The van der Waals surface area contributed by atoms with Crippen molar-refractivity contribution in [2.24, 2.45) is 0 Å². The van der Waals surface area contributed by atoms with E-state index < -0.39 is 16.7 Å². The summed E-state index contributed by atoms with van der Waals surface area (Å²) in [5.74, 6) is -1.67. The van der Waals surface area contributed by atoms with Gasteiger partial charge in [0.2, 0.25) is 0 Å². The number of aliphatic carboxylic acids is 1. The molecule has 2 aromatic rings. The number of halogens is 1. The zero-order chi connectivity index (χ0) is 14.7. The molecule has 1 aromatic heterocycles. The van der Waals surface area contributed by atoms with Crippen molar-refractivity contribution in [3.05, 3.63) is 46.0 Å².